The number of hydrogen-bond donors (Lipinski definition) is 1. The van der Waals surface area contributed by atoms with Gasteiger partial charge in [0.15, 0.2) is 14.2 Å². The van der Waals surface area contributed by atoms with E-state index in [1.54, 1.807) is 12.4 Å². The second kappa shape index (κ2) is 7.21. The lowest BCUT2D eigenvalue weighted by Gasteiger charge is -2.33. The van der Waals surface area contributed by atoms with Crippen LogP contribution in [-0.4, -0.2) is 19.0 Å². The van der Waals surface area contributed by atoms with Crippen LogP contribution in [-0.2, 0) is 4.43 Å². The van der Waals surface area contributed by atoms with E-state index in [4.69, 9.17) is 9.69 Å². The lowest BCUT2D eigenvalue weighted by molar-refractivity contribution is 0.0866. The van der Waals surface area contributed by atoms with Gasteiger partial charge in [-0.1, -0.05) is 32.1 Å². The minimum absolute atomic E-state index is 0.00501. The smallest absolute Gasteiger partial charge is 0.189 e. The molecule has 0 fully saturated rings. The lowest BCUT2D eigenvalue weighted by Crippen LogP contribution is -2.26. The molecule has 0 aliphatic carbocycles. The van der Waals surface area contributed by atoms with E-state index < -0.39 is 9.04 Å². The number of nitrogens with zero attached hydrogens (tertiary/aromatic N) is 3. The first-order chi connectivity index (χ1) is 10.8. The summed E-state index contributed by atoms with van der Waals surface area (Å²) < 4.78 is 6.25. The van der Waals surface area contributed by atoms with Gasteiger partial charge in [0.05, 0.1) is 12.3 Å². The number of rotatable bonds is 5. The van der Waals surface area contributed by atoms with E-state index in [0.29, 0.717) is 15.8 Å². The SMILES string of the molecule is C[SiH](C)OC(c1ccnc(Nc2ncc(C#N)s2)c1)C(C)(C)C. The highest BCUT2D eigenvalue weighted by Crippen LogP contribution is 2.37. The van der Waals surface area contributed by atoms with E-state index in [0.717, 1.165) is 5.56 Å². The zero-order valence-electron chi connectivity index (χ0n) is 14.1. The maximum Gasteiger partial charge on any atom is 0.189 e. The van der Waals surface area contributed by atoms with Crippen LogP contribution < -0.4 is 5.32 Å². The molecule has 2 aromatic heterocycles. The van der Waals surface area contributed by atoms with Crippen molar-refractivity contribution in [1.29, 1.82) is 5.26 Å². The van der Waals surface area contributed by atoms with Gasteiger partial charge in [0.1, 0.15) is 16.8 Å². The van der Waals surface area contributed by atoms with Crippen molar-refractivity contribution in [2.24, 2.45) is 5.41 Å². The first kappa shape index (κ1) is 17.6. The van der Waals surface area contributed by atoms with Crippen LogP contribution >= 0.6 is 11.3 Å². The average Bonchev–Trinajstić information content (AvgIpc) is 2.91. The quantitative estimate of drug-likeness (QED) is 0.820. The summed E-state index contributed by atoms with van der Waals surface area (Å²) in [4.78, 5) is 9.09. The number of anilines is 2. The zero-order chi connectivity index (χ0) is 17.0. The fourth-order valence-corrected chi connectivity index (χ4v) is 3.96. The minimum atomic E-state index is -1.17. The Morgan fingerprint density at radius 3 is 2.65 bits per heavy atom. The molecule has 5 nitrogen and oxygen atoms in total. The molecule has 2 aromatic rings. The molecule has 1 unspecified atom stereocenters. The number of nitrogens with one attached hydrogen (secondary N) is 1. The number of pyridine rings is 1. The molecule has 122 valence electrons. The molecule has 2 heterocycles. The molecule has 0 radical (unpaired) electrons. The van der Waals surface area contributed by atoms with Gasteiger partial charge in [0.25, 0.3) is 0 Å². The predicted octanol–water partition coefficient (Wildman–Crippen LogP) is 4.24. The topological polar surface area (TPSA) is 70.8 Å². The predicted molar refractivity (Wildman–Crippen MR) is 96.5 cm³/mol. The normalized spacial score (nSPS) is 12.9. The molecule has 23 heavy (non-hydrogen) atoms. The summed E-state index contributed by atoms with van der Waals surface area (Å²) in [7, 11) is -1.17. The van der Waals surface area contributed by atoms with Gasteiger partial charge in [-0.25, -0.2) is 9.97 Å². The third-order valence-corrected chi connectivity index (χ3v) is 4.77. The Balaban J connectivity index is 2.25. The molecule has 0 aliphatic heterocycles. The first-order valence-electron chi connectivity index (χ1n) is 7.54. The molecule has 0 aliphatic rings. The number of aromatic nitrogens is 2. The Bertz CT molecular complexity index is 703. The van der Waals surface area contributed by atoms with Crippen molar-refractivity contribution >= 4 is 31.3 Å². The molecule has 0 amide bonds. The molecule has 0 spiro atoms. The summed E-state index contributed by atoms with van der Waals surface area (Å²) in [5.41, 5.74) is 1.11. The van der Waals surface area contributed by atoms with Gasteiger partial charge in [-0.3, -0.25) is 0 Å². The monoisotopic (exact) mass is 346 g/mol. The van der Waals surface area contributed by atoms with Crippen molar-refractivity contribution in [3.8, 4) is 6.07 Å². The van der Waals surface area contributed by atoms with E-state index in [-0.39, 0.29) is 11.5 Å². The summed E-state index contributed by atoms with van der Waals surface area (Å²) in [5, 5.41) is 12.7. The Labute approximate surface area is 143 Å². The van der Waals surface area contributed by atoms with E-state index in [9.17, 15) is 0 Å². The summed E-state index contributed by atoms with van der Waals surface area (Å²) in [6, 6.07) is 6.09. The fraction of sp³-hybridized carbons (Fsp3) is 0.438. The Hall–Kier alpha value is -1.75. The standard InChI is InChI=1S/C16H22N4OSSi/c1-16(2,3)14(21-23(4)5)11-6-7-18-13(8-11)20-15-19-10-12(9-17)22-15/h6-8,10,14,23H,1-5H3,(H,18,19,20). The summed E-state index contributed by atoms with van der Waals surface area (Å²) in [6.45, 7) is 10.9. The van der Waals surface area contributed by atoms with Crippen molar-refractivity contribution in [2.75, 3.05) is 5.32 Å². The molecule has 2 rings (SSSR count). The Morgan fingerprint density at radius 2 is 2.09 bits per heavy atom. The van der Waals surface area contributed by atoms with Crippen molar-refractivity contribution in [1.82, 2.24) is 9.97 Å². The van der Waals surface area contributed by atoms with Gasteiger partial charge < -0.3 is 9.74 Å². The second-order valence-corrected chi connectivity index (χ2v) is 10.1. The second-order valence-electron chi connectivity index (χ2n) is 6.67. The molecule has 0 aromatic carbocycles. The average molecular weight is 347 g/mol. The van der Waals surface area contributed by atoms with Crippen molar-refractivity contribution < 1.29 is 4.43 Å². The summed E-state index contributed by atoms with van der Waals surface area (Å²) in [6.07, 6.45) is 3.37. The van der Waals surface area contributed by atoms with E-state index >= 15 is 0 Å². The third kappa shape index (κ3) is 4.86. The summed E-state index contributed by atoms with van der Waals surface area (Å²) in [5.74, 6) is 0.713. The Morgan fingerprint density at radius 1 is 1.35 bits per heavy atom. The maximum absolute atomic E-state index is 8.87. The lowest BCUT2D eigenvalue weighted by atomic mass is 9.85. The van der Waals surface area contributed by atoms with Crippen LogP contribution in [0.5, 0.6) is 0 Å². The van der Waals surface area contributed by atoms with Gasteiger partial charge in [0.2, 0.25) is 0 Å². The van der Waals surface area contributed by atoms with Crippen LogP contribution in [0.15, 0.2) is 24.5 Å². The zero-order valence-corrected chi connectivity index (χ0v) is 16.1. The molecule has 1 N–H and O–H groups in total. The van der Waals surface area contributed by atoms with Crippen LogP contribution in [0.1, 0.15) is 37.3 Å². The highest BCUT2D eigenvalue weighted by atomic mass is 32.1. The molecular weight excluding hydrogens is 324 g/mol. The molecule has 0 bridgehead atoms. The number of hydrogen-bond acceptors (Lipinski definition) is 6. The van der Waals surface area contributed by atoms with Crippen molar-refractivity contribution in [3.63, 3.8) is 0 Å². The number of thiazole rings is 1. The maximum atomic E-state index is 8.87. The minimum Gasteiger partial charge on any atom is -0.413 e. The Kier molecular flexibility index (Phi) is 5.52. The van der Waals surface area contributed by atoms with E-state index in [2.05, 4.69) is 55.2 Å². The molecule has 0 saturated heterocycles. The van der Waals surface area contributed by atoms with Gasteiger partial charge in [-0.15, -0.1) is 0 Å². The van der Waals surface area contributed by atoms with Crippen LogP contribution in [0.2, 0.25) is 13.1 Å². The van der Waals surface area contributed by atoms with E-state index in [1.165, 1.54) is 11.3 Å². The molecular formula is C16H22N4OSSi. The van der Waals surface area contributed by atoms with Gasteiger partial charge in [0, 0.05) is 6.20 Å². The van der Waals surface area contributed by atoms with Crippen LogP contribution in [0, 0.1) is 16.7 Å². The van der Waals surface area contributed by atoms with Crippen molar-refractivity contribution in [3.05, 3.63) is 35.0 Å². The van der Waals surface area contributed by atoms with Crippen LogP contribution in [0.4, 0.5) is 10.9 Å². The molecule has 0 saturated carbocycles. The van der Waals surface area contributed by atoms with Crippen LogP contribution in [0.3, 0.4) is 0 Å². The third-order valence-electron chi connectivity index (χ3n) is 3.13. The highest BCUT2D eigenvalue weighted by Gasteiger charge is 2.28. The largest absolute Gasteiger partial charge is 0.413 e. The highest BCUT2D eigenvalue weighted by molar-refractivity contribution is 7.16. The number of nitriles is 1. The molecule has 7 heteroatoms. The summed E-state index contributed by atoms with van der Waals surface area (Å²) >= 11 is 1.31. The van der Waals surface area contributed by atoms with Gasteiger partial charge in [-0.05, 0) is 36.2 Å². The first-order valence-corrected chi connectivity index (χ1v) is 11.1. The van der Waals surface area contributed by atoms with Gasteiger partial charge in [-0.2, -0.15) is 5.26 Å². The van der Waals surface area contributed by atoms with Gasteiger partial charge >= 0.3 is 0 Å². The van der Waals surface area contributed by atoms with E-state index in [1.807, 2.05) is 12.1 Å². The molecule has 1 atom stereocenters. The fourth-order valence-electron chi connectivity index (χ4n) is 2.23. The van der Waals surface area contributed by atoms with Crippen LogP contribution in [0.25, 0.3) is 0 Å². The van der Waals surface area contributed by atoms with Crippen molar-refractivity contribution in [2.45, 2.75) is 40.0 Å².